The summed E-state index contributed by atoms with van der Waals surface area (Å²) < 4.78 is 0. The van der Waals surface area contributed by atoms with E-state index in [2.05, 4.69) is 31.6 Å². The number of amides is 7. The van der Waals surface area contributed by atoms with Crippen molar-refractivity contribution >= 4 is 70.0 Å². The van der Waals surface area contributed by atoms with Crippen molar-refractivity contribution in [2.24, 2.45) is 17.4 Å². The van der Waals surface area contributed by atoms with Crippen molar-refractivity contribution < 1.29 is 48.6 Å². The number of nitrogens with zero attached hydrogens (tertiary/aromatic N) is 1. The number of carboxylic acids is 1. The fraction of sp³-hybridized carbons (Fsp3) is 0.429. The van der Waals surface area contributed by atoms with Crippen LogP contribution in [0.25, 0.3) is 10.9 Å². The van der Waals surface area contributed by atoms with Gasteiger partial charge in [0, 0.05) is 41.6 Å². The normalized spacial score (nSPS) is 19.6. The van der Waals surface area contributed by atoms with E-state index in [0.717, 1.165) is 16.5 Å². The summed E-state index contributed by atoms with van der Waals surface area (Å²) >= 11 is 1.41. The molecule has 19 nitrogen and oxygen atoms in total. The lowest BCUT2D eigenvalue weighted by Gasteiger charge is -2.28. The molecule has 6 rings (SSSR count). The molecule has 2 saturated heterocycles. The van der Waals surface area contributed by atoms with Crippen molar-refractivity contribution in [2.45, 2.75) is 119 Å². The fourth-order valence-corrected chi connectivity index (χ4v) is 10.5. The van der Waals surface area contributed by atoms with Gasteiger partial charge in [-0.1, -0.05) is 93.8 Å². The first-order valence-corrected chi connectivity index (χ1v) is 24.2. The number of aliphatic carboxylic acids is 1. The van der Waals surface area contributed by atoms with Crippen LogP contribution in [0.3, 0.4) is 0 Å². The van der Waals surface area contributed by atoms with E-state index in [4.69, 9.17) is 11.5 Å². The number of para-hydroxylation sites is 1. The zero-order valence-corrected chi connectivity index (χ0v) is 39.3. The van der Waals surface area contributed by atoms with Crippen molar-refractivity contribution in [3.05, 3.63) is 102 Å². The van der Waals surface area contributed by atoms with Crippen molar-refractivity contribution in [3.63, 3.8) is 0 Å². The molecule has 0 spiro atoms. The summed E-state index contributed by atoms with van der Waals surface area (Å²) in [6.07, 6.45) is 3.35. The Hall–Kier alpha value is -6.93. The van der Waals surface area contributed by atoms with Crippen molar-refractivity contribution in [2.75, 3.05) is 5.75 Å². The minimum Gasteiger partial charge on any atom is -0.508 e. The number of rotatable bonds is 24. The van der Waals surface area contributed by atoms with E-state index in [1.54, 1.807) is 48.7 Å². The van der Waals surface area contributed by atoms with Gasteiger partial charge in [0.05, 0.1) is 17.8 Å². The highest BCUT2D eigenvalue weighted by molar-refractivity contribution is 8.00. The van der Waals surface area contributed by atoms with Gasteiger partial charge in [-0.25, -0.2) is 0 Å². The lowest BCUT2D eigenvalue weighted by Crippen LogP contribution is -2.60. The molecule has 2 aliphatic rings. The summed E-state index contributed by atoms with van der Waals surface area (Å²) in [7, 11) is 0. The van der Waals surface area contributed by atoms with Gasteiger partial charge in [0.2, 0.25) is 41.4 Å². The minimum atomic E-state index is -1.67. The number of aromatic amines is 1. The van der Waals surface area contributed by atoms with Crippen LogP contribution in [0.1, 0.15) is 69.1 Å². The Balaban J connectivity index is 1.20. The zero-order valence-electron chi connectivity index (χ0n) is 38.5. The quantitative estimate of drug-likeness (QED) is 0.0478. The number of nitrogens with two attached hydrogens (primary N) is 2. The largest absolute Gasteiger partial charge is 0.508 e. The number of H-pyrrole nitrogens is 1. The zero-order chi connectivity index (χ0) is 49.8. The van der Waals surface area contributed by atoms with Crippen LogP contribution in [0.5, 0.6) is 5.75 Å². The second-order valence-electron chi connectivity index (χ2n) is 17.5. The predicted molar refractivity (Wildman–Crippen MR) is 258 cm³/mol. The number of phenolic OH excluding ortho intramolecular Hbond substituents is 1. The summed E-state index contributed by atoms with van der Waals surface area (Å²) in [4.78, 5) is 113. The Morgan fingerprint density at radius 3 is 2.09 bits per heavy atom. The van der Waals surface area contributed by atoms with Gasteiger partial charge in [-0.2, -0.15) is 0 Å². The van der Waals surface area contributed by atoms with E-state index in [-0.39, 0.29) is 43.1 Å². The fourth-order valence-electron chi connectivity index (χ4n) is 8.85. The molecule has 20 heteroatoms. The summed E-state index contributed by atoms with van der Waals surface area (Å²) in [5, 5.41) is 33.1. The molecular weight excluding hydrogens is 907 g/mol. The predicted octanol–water partition coefficient (Wildman–Crippen LogP) is 1.50. The van der Waals surface area contributed by atoms with Crippen molar-refractivity contribution in [3.8, 4) is 5.75 Å². The molecule has 368 valence electrons. The Kier molecular flexibility index (Phi) is 17.8. The average molecular weight is 968 g/mol. The molecule has 12 N–H and O–H groups in total. The van der Waals surface area contributed by atoms with Gasteiger partial charge in [-0.05, 0) is 54.2 Å². The number of carbonyl (C=O) groups is 8. The molecule has 0 radical (unpaired) electrons. The molecule has 0 saturated carbocycles. The number of carboxylic acid groups (broad SMARTS) is 1. The topological polar surface area (TPSA) is 308 Å². The number of aromatic hydroxyl groups is 1. The monoisotopic (exact) mass is 967 g/mol. The van der Waals surface area contributed by atoms with Gasteiger partial charge in [0.1, 0.15) is 42.0 Å². The average Bonchev–Trinajstić information content (AvgIpc) is 4.02. The molecule has 0 bridgehead atoms. The molecule has 9 atom stereocenters. The maximum absolute atomic E-state index is 14.5. The number of fused-ring (bicyclic) bond motifs is 2. The Labute approximate surface area is 403 Å². The molecule has 0 unspecified atom stereocenters. The van der Waals surface area contributed by atoms with E-state index in [1.807, 2.05) is 38.1 Å². The van der Waals surface area contributed by atoms with Crippen LogP contribution in [-0.4, -0.2) is 121 Å². The maximum Gasteiger partial charge on any atom is 0.305 e. The standard InChI is InChI=1S/C49H61N9O10S/c1-3-5-15-35(44(64)55-38(24-40(60)61)46(66)54-36(42(51)62)22-27-12-7-6-8-13-27)53-45(65)37(23-29-25-52-34-16-10-9-14-31(29)34)56-47(67)39-26-69-49-32(11-4-2)41(48(68)58(39)49)57-43(63)33(50)21-28-17-19-30(59)20-18-28/h6-10,12-14,16-20,25,32-33,35-39,41,49,52,59H,3-5,11,15,21-24,26,50H2,1-2H3,(H2,51,62)(H,53,65)(H,54,66)(H,55,64)(H,56,67)(H,57,63)(H,60,61)/t32-,33+,35+,36+,37+,38+,39+,41+,49+/m1/s1. The van der Waals surface area contributed by atoms with Gasteiger partial charge < -0.3 is 58.1 Å². The number of aromatic nitrogens is 1. The SMILES string of the molecule is CCCC[C@H](NC(=O)[C@H](Cc1c[nH]c2ccccc12)NC(=O)[C@@H]1CS[C@H]2[C@H](CCC)[C@H](NC(=O)[C@@H](N)Cc3ccc(O)cc3)C(=O)N12)C(=O)N[C@@H](CC(=O)O)C(=O)N[C@@H](Cc1ccccc1)C(N)=O. The van der Waals surface area contributed by atoms with Gasteiger partial charge in [-0.3, -0.25) is 38.4 Å². The maximum atomic E-state index is 14.5. The Morgan fingerprint density at radius 1 is 0.768 bits per heavy atom. The van der Waals surface area contributed by atoms with Gasteiger partial charge in [-0.15, -0.1) is 11.8 Å². The highest BCUT2D eigenvalue weighted by atomic mass is 32.2. The molecular formula is C49H61N9O10S. The number of thioether (sulfide) groups is 1. The number of unbranched alkanes of at least 4 members (excludes halogenated alkanes) is 1. The van der Waals surface area contributed by atoms with E-state index in [9.17, 15) is 48.6 Å². The molecule has 3 aromatic carbocycles. The highest BCUT2D eigenvalue weighted by Crippen LogP contribution is 2.43. The Bertz CT molecular complexity index is 2490. The number of nitrogens with one attached hydrogen (secondary N) is 6. The molecule has 4 aromatic rings. The number of carbonyl (C=O) groups excluding carboxylic acids is 7. The number of hydrogen-bond acceptors (Lipinski definition) is 11. The number of benzene rings is 3. The second-order valence-corrected chi connectivity index (χ2v) is 18.7. The van der Waals surface area contributed by atoms with E-state index >= 15 is 0 Å². The first-order valence-electron chi connectivity index (χ1n) is 23.2. The third-order valence-corrected chi connectivity index (χ3v) is 13.9. The highest BCUT2D eigenvalue weighted by Gasteiger charge is 2.56. The van der Waals surface area contributed by atoms with Crippen LogP contribution < -0.4 is 38.1 Å². The molecule has 0 aliphatic carbocycles. The van der Waals surface area contributed by atoms with Crippen LogP contribution in [-0.2, 0) is 57.6 Å². The Morgan fingerprint density at radius 2 is 1.41 bits per heavy atom. The van der Waals surface area contributed by atoms with Crippen molar-refractivity contribution in [1.29, 1.82) is 0 Å². The van der Waals surface area contributed by atoms with E-state index in [0.29, 0.717) is 36.8 Å². The molecule has 2 fully saturated rings. The minimum absolute atomic E-state index is 0.00861. The molecule has 1 aromatic heterocycles. The van der Waals surface area contributed by atoms with Crippen molar-refractivity contribution in [1.82, 2.24) is 36.5 Å². The van der Waals surface area contributed by atoms with Crippen LogP contribution >= 0.6 is 11.8 Å². The third-order valence-electron chi connectivity index (χ3n) is 12.5. The number of phenols is 1. The number of hydrogen-bond donors (Lipinski definition) is 10. The lowest BCUT2D eigenvalue weighted by molar-refractivity contribution is -0.141. The van der Waals surface area contributed by atoms with Gasteiger partial charge >= 0.3 is 5.97 Å². The molecule has 2 aliphatic heterocycles. The van der Waals surface area contributed by atoms with Crippen LogP contribution in [0.15, 0.2) is 85.1 Å². The third kappa shape index (κ3) is 13.2. The smallest absolute Gasteiger partial charge is 0.305 e. The summed E-state index contributed by atoms with van der Waals surface area (Å²) in [5.74, 6) is -6.59. The molecule has 3 heterocycles. The summed E-state index contributed by atoms with van der Waals surface area (Å²) in [6.45, 7) is 3.83. The lowest BCUT2D eigenvalue weighted by atomic mass is 9.97. The van der Waals surface area contributed by atoms with E-state index in [1.165, 1.54) is 28.8 Å². The van der Waals surface area contributed by atoms with E-state index < -0.39 is 101 Å². The molecule has 69 heavy (non-hydrogen) atoms. The first kappa shape index (κ1) is 51.5. The van der Waals surface area contributed by atoms with Gasteiger partial charge in [0.15, 0.2) is 0 Å². The van der Waals surface area contributed by atoms with Crippen LogP contribution in [0, 0.1) is 5.92 Å². The summed E-state index contributed by atoms with van der Waals surface area (Å²) in [6, 6.07) is 13.9. The number of primary amides is 1. The first-order chi connectivity index (χ1) is 33.1. The van der Waals surface area contributed by atoms with Crippen LogP contribution in [0.2, 0.25) is 0 Å². The molecule has 7 amide bonds. The second kappa shape index (κ2) is 23.9. The van der Waals surface area contributed by atoms with Crippen LogP contribution in [0.4, 0.5) is 0 Å². The summed E-state index contributed by atoms with van der Waals surface area (Å²) in [5.41, 5.74) is 14.7. The van der Waals surface area contributed by atoms with Gasteiger partial charge in [0.25, 0.3) is 0 Å².